The molecule has 0 bridgehead atoms. The number of piperazine rings is 1. The van der Waals surface area contributed by atoms with Crippen LogP contribution in [0.3, 0.4) is 0 Å². The summed E-state index contributed by atoms with van der Waals surface area (Å²) in [4.78, 5) is 11.5. The van der Waals surface area contributed by atoms with E-state index in [0.29, 0.717) is 5.92 Å². The van der Waals surface area contributed by atoms with Crippen LogP contribution in [0.5, 0.6) is 0 Å². The summed E-state index contributed by atoms with van der Waals surface area (Å²) < 4.78 is 0. The lowest BCUT2D eigenvalue weighted by Gasteiger charge is -2.31. The Balaban J connectivity index is 2.31. The summed E-state index contributed by atoms with van der Waals surface area (Å²) in [6.07, 6.45) is 2.91. The number of aryl methyl sites for hydroxylation is 1. The van der Waals surface area contributed by atoms with Crippen molar-refractivity contribution in [3.63, 3.8) is 0 Å². The van der Waals surface area contributed by atoms with Crippen LogP contribution in [0, 0.1) is 0 Å². The van der Waals surface area contributed by atoms with E-state index in [2.05, 4.69) is 36.0 Å². The predicted octanol–water partition coefficient (Wildman–Crippen LogP) is 1.57. The number of nitrogens with one attached hydrogen (secondary N) is 1. The third-order valence-corrected chi connectivity index (χ3v) is 3.17. The SMILES string of the molecule is CCc1ncc(N2CCNCC2)c(C(C)C)n1. The third-order valence-electron chi connectivity index (χ3n) is 3.17. The summed E-state index contributed by atoms with van der Waals surface area (Å²) in [7, 11) is 0. The van der Waals surface area contributed by atoms with E-state index in [1.165, 1.54) is 11.4 Å². The zero-order valence-electron chi connectivity index (χ0n) is 11.0. The molecule has 1 saturated heterocycles. The van der Waals surface area contributed by atoms with E-state index in [1.54, 1.807) is 0 Å². The standard InChI is InChI=1S/C13H22N4/c1-4-12-15-9-11(13(16-12)10(2)3)17-7-5-14-6-8-17/h9-10,14H,4-8H2,1-3H3. The Hall–Kier alpha value is -1.16. The molecule has 0 atom stereocenters. The van der Waals surface area contributed by atoms with E-state index in [9.17, 15) is 0 Å². The van der Waals surface area contributed by atoms with Gasteiger partial charge >= 0.3 is 0 Å². The highest BCUT2D eigenvalue weighted by molar-refractivity contribution is 5.50. The first kappa shape index (κ1) is 12.3. The topological polar surface area (TPSA) is 41.1 Å². The van der Waals surface area contributed by atoms with Crippen molar-refractivity contribution in [2.24, 2.45) is 0 Å². The molecule has 4 heteroatoms. The van der Waals surface area contributed by atoms with Gasteiger partial charge in [-0.25, -0.2) is 9.97 Å². The monoisotopic (exact) mass is 234 g/mol. The quantitative estimate of drug-likeness (QED) is 0.862. The van der Waals surface area contributed by atoms with Crippen molar-refractivity contribution < 1.29 is 0 Å². The Kier molecular flexibility index (Phi) is 3.94. The van der Waals surface area contributed by atoms with Gasteiger partial charge in [-0.05, 0) is 5.92 Å². The normalized spacial score (nSPS) is 16.6. The molecule has 0 saturated carbocycles. The van der Waals surface area contributed by atoms with E-state index < -0.39 is 0 Å². The van der Waals surface area contributed by atoms with Crippen molar-refractivity contribution in [3.8, 4) is 0 Å². The van der Waals surface area contributed by atoms with Crippen molar-refractivity contribution in [1.29, 1.82) is 0 Å². The summed E-state index contributed by atoms with van der Waals surface area (Å²) >= 11 is 0. The molecule has 0 aliphatic carbocycles. The van der Waals surface area contributed by atoms with Gasteiger partial charge in [-0.15, -0.1) is 0 Å². The third kappa shape index (κ3) is 2.75. The van der Waals surface area contributed by atoms with Crippen LogP contribution in [0.15, 0.2) is 6.20 Å². The zero-order chi connectivity index (χ0) is 12.3. The number of rotatable bonds is 3. The first-order chi connectivity index (χ1) is 8.22. The molecule has 1 aromatic heterocycles. The summed E-state index contributed by atoms with van der Waals surface area (Å²) in [5.74, 6) is 1.40. The fraction of sp³-hybridized carbons (Fsp3) is 0.692. The second-order valence-corrected chi connectivity index (χ2v) is 4.80. The zero-order valence-corrected chi connectivity index (χ0v) is 11.0. The molecule has 94 valence electrons. The molecule has 0 radical (unpaired) electrons. The van der Waals surface area contributed by atoms with E-state index in [0.717, 1.165) is 38.4 Å². The van der Waals surface area contributed by atoms with Crippen molar-refractivity contribution in [2.75, 3.05) is 31.1 Å². The number of aromatic nitrogens is 2. The largest absolute Gasteiger partial charge is 0.366 e. The number of hydrogen-bond acceptors (Lipinski definition) is 4. The maximum Gasteiger partial charge on any atom is 0.128 e. The van der Waals surface area contributed by atoms with Gasteiger partial charge in [0.1, 0.15) is 5.82 Å². The predicted molar refractivity (Wildman–Crippen MR) is 70.6 cm³/mol. The lowest BCUT2D eigenvalue weighted by molar-refractivity contribution is 0.583. The fourth-order valence-corrected chi connectivity index (χ4v) is 2.17. The van der Waals surface area contributed by atoms with Gasteiger partial charge in [-0.1, -0.05) is 20.8 Å². The Morgan fingerprint density at radius 1 is 1.35 bits per heavy atom. The molecule has 1 aliphatic rings. The average molecular weight is 234 g/mol. The van der Waals surface area contributed by atoms with Crippen molar-refractivity contribution in [2.45, 2.75) is 33.1 Å². The molecule has 0 aromatic carbocycles. The van der Waals surface area contributed by atoms with Crippen LogP contribution in [-0.4, -0.2) is 36.1 Å². The Morgan fingerprint density at radius 3 is 2.65 bits per heavy atom. The highest BCUT2D eigenvalue weighted by Crippen LogP contribution is 2.25. The molecule has 2 heterocycles. The molecule has 0 spiro atoms. The van der Waals surface area contributed by atoms with Crippen LogP contribution >= 0.6 is 0 Å². The maximum absolute atomic E-state index is 4.69. The van der Waals surface area contributed by atoms with Gasteiger partial charge in [0.05, 0.1) is 17.6 Å². The average Bonchev–Trinajstić information content (AvgIpc) is 2.39. The van der Waals surface area contributed by atoms with Gasteiger partial charge in [-0.3, -0.25) is 0 Å². The number of nitrogens with zero attached hydrogens (tertiary/aromatic N) is 3. The smallest absolute Gasteiger partial charge is 0.128 e. The van der Waals surface area contributed by atoms with Gasteiger partial charge < -0.3 is 10.2 Å². The molecule has 0 amide bonds. The Labute approximate surface area is 103 Å². The lowest BCUT2D eigenvalue weighted by atomic mass is 10.1. The van der Waals surface area contributed by atoms with Gasteiger partial charge in [0, 0.05) is 32.6 Å². The first-order valence-electron chi connectivity index (χ1n) is 6.53. The minimum atomic E-state index is 0.452. The molecule has 4 nitrogen and oxygen atoms in total. The molecular formula is C13H22N4. The second-order valence-electron chi connectivity index (χ2n) is 4.80. The van der Waals surface area contributed by atoms with Crippen molar-refractivity contribution in [1.82, 2.24) is 15.3 Å². The lowest BCUT2D eigenvalue weighted by Crippen LogP contribution is -2.44. The molecule has 2 rings (SSSR count). The van der Waals surface area contributed by atoms with Gasteiger partial charge in [0.2, 0.25) is 0 Å². The van der Waals surface area contributed by atoms with E-state index in [1.807, 2.05) is 6.20 Å². The maximum atomic E-state index is 4.69. The van der Waals surface area contributed by atoms with Crippen LogP contribution in [0.1, 0.15) is 38.2 Å². The summed E-state index contributed by atoms with van der Waals surface area (Å²) in [6, 6.07) is 0. The minimum absolute atomic E-state index is 0.452. The van der Waals surface area contributed by atoms with Crippen LogP contribution in [-0.2, 0) is 6.42 Å². The molecular weight excluding hydrogens is 212 g/mol. The van der Waals surface area contributed by atoms with Crippen LogP contribution in [0.4, 0.5) is 5.69 Å². The number of anilines is 1. The van der Waals surface area contributed by atoms with Crippen LogP contribution in [0.25, 0.3) is 0 Å². The first-order valence-corrected chi connectivity index (χ1v) is 6.53. The van der Waals surface area contributed by atoms with Crippen molar-refractivity contribution in [3.05, 3.63) is 17.7 Å². The summed E-state index contributed by atoms with van der Waals surface area (Å²) in [5.41, 5.74) is 2.41. The summed E-state index contributed by atoms with van der Waals surface area (Å²) in [5, 5.41) is 3.37. The highest BCUT2D eigenvalue weighted by Gasteiger charge is 2.17. The second kappa shape index (κ2) is 5.45. The van der Waals surface area contributed by atoms with E-state index >= 15 is 0 Å². The van der Waals surface area contributed by atoms with Gasteiger partial charge in [0.15, 0.2) is 0 Å². The number of hydrogen-bond donors (Lipinski definition) is 1. The Morgan fingerprint density at radius 2 is 2.06 bits per heavy atom. The molecule has 1 aromatic rings. The Bertz CT molecular complexity index is 370. The minimum Gasteiger partial charge on any atom is -0.366 e. The summed E-state index contributed by atoms with van der Waals surface area (Å²) in [6.45, 7) is 10.7. The van der Waals surface area contributed by atoms with Crippen LogP contribution in [0.2, 0.25) is 0 Å². The molecule has 0 unspecified atom stereocenters. The molecule has 1 aliphatic heterocycles. The van der Waals surface area contributed by atoms with Gasteiger partial charge in [0.25, 0.3) is 0 Å². The molecule has 17 heavy (non-hydrogen) atoms. The fourth-order valence-electron chi connectivity index (χ4n) is 2.17. The van der Waals surface area contributed by atoms with Crippen molar-refractivity contribution >= 4 is 5.69 Å². The van der Waals surface area contributed by atoms with E-state index in [4.69, 9.17) is 4.98 Å². The van der Waals surface area contributed by atoms with Gasteiger partial charge in [-0.2, -0.15) is 0 Å². The van der Waals surface area contributed by atoms with Crippen LogP contribution < -0.4 is 10.2 Å². The van der Waals surface area contributed by atoms with E-state index in [-0.39, 0.29) is 0 Å². The molecule has 1 fully saturated rings. The molecule has 1 N–H and O–H groups in total. The highest BCUT2D eigenvalue weighted by atomic mass is 15.2.